The zero-order chi connectivity index (χ0) is 7.61. The van der Waals surface area contributed by atoms with Gasteiger partial charge in [-0.3, -0.25) is 4.79 Å². The van der Waals surface area contributed by atoms with Gasteiger partial charge in [0.25, 0.3) is 0 Å². The number of rotatable bonds is 2. The fourth-order valence-corrected chi connectivity index (χ4v) is 1.25. The van der Waals surface area contributed by atoms with Gasteiger partial charge in [-0.25, -0.2) is 0 Å². The highest BCUT2D eigenvalue weighted by Crippen LogP contribution is 2.42. The smallest absolute Gasteiger partial charge is 0.315 e. The van der Waals surface area contributed by atoms with Crippen molar-refractivity contribution in [2.45, 2.75) is 19.3 Å². The van der Waals surface area contributed by atoms with E-state index in [-0.39, 0.29) is 11.4 Å². The molecule has 10 heavy (non-hydrogen) atoms. The molecule has 1 aliphatic carbocycles. The molecule has 0 unspecified atom stereocenters. The number of ether oxygens (including phenoxy) is 1. The minimum absolute atomic E-state index is 0.131. The second-order valence-electron chi connectivity index (χ2n) is 2.71. The molecule has 0 atom stereocenters. The molecule has 0 aromatic rings. The van der Waals surface area contributed by atoms with E-state index in [9.17, 15) is 4.79 Å². The SMILES string of the molecule is C=CC1(C(=O)OC)CCC1. The van der Waals surface area contributed by atoms with Crippen molar-refractivity contribution >= 4 is 5.97 Å². The van der Waals surface area contributed by atoms with E-state index in [0.717, 1.165) is 19.3 Å². The predicted octanol–water partition coefficient (Wildman–Crippen LogP) is 1.52. The van der Waals surface area contributed by atoms with Crippen LogP contribution in [-0.4, -0.2) is 13.1 Å². The summed E-state index contributed by atoms with van der Waals surface area (Å²) in [7, 11) is 1.42. The quantitative estimate of drug-likeness (QED) is 0.429. The summed E-state index contributed by atoms with van der Waals surface area (Å²) >= 11 is 0. The lowest BCUT2D eigenvalue weighted by atomic mass is 9.69. The van der Waals surface area contributed by atoms with Crippen molar-refractivity contribution in [2.75, 3.05) is 7.11 Å². The fourth-order valence-electron chi connectivity index (χ4n) is 1.25. The van der Waals surface area contributed by atoms with E-state index in [0.29, 0.717) is 0 Å². The first kappa shape index (κ1) is 7.32. The Bertz CT molecular complexity index is 157. The summed E-state index contributed by atoms with van der Waals surface area (Å²) in [6.07, 6.45) is 4.63. The Balaban J connectivity index is 2.64. The van der Waals surface area contributed by atoms with Gasteiger partial charge in [-0.1, -0.05) is 12.5 Å². The van der Waals surface area contributed by atoms with Crippen molar-refractivity contribution < 1.29 is 9.53 Å². The Kier molecular flexibility index (Phi) is 1.79. The zero-order valence-electron chi connectivity index (χ0n) is 6.22. The predicted molar refractivity (Wildman–Crippen MR) is 38.5 cm³/mol. The highest BCUT2D eigenvalue weighted by Gasteiger charge is 2.42. The molecule has 0 heterocycles. The lowest BCUT2D eigenvalue weighted by molar-refractivity contribution is -0.154. The first-order valence-corrected chi connectivity index (χ1v) is 3.47. The Labute approximate surface area is 60.9 Å². The molecule has 0 radical (unpaired) electrons. The molecule has 0 spiro atoms. The maximum atomic E-state index is 11.1. The van der Waals surface area contributed by atoms with Crippen LogP contribution in [0.3, 0.4) is 0 Å². The molecule has 56 valence electrons. The van der Waals surface area contributed by atoms with Crippen LogP contribution in [0, 0.1) is 5.41 Å². The standard InChI is InChI=1S/C8H12O2/c1-3-8(5-4-6-8)7(9)10-2/h3H,1,4-6H2,2H3. The van der Waals surface area contributed by atoms with Gasteiger partial charge < -0.3 is 4.74 Å². The molecule has 1 fully saturated rings. The average Bonchev–Trinajstić information content (AvgIpc) is 1.86. The molecular formula is C8H12O2. The van der Waals surface area contributed by atoms with Gasteiger partial charge in [-0.15, -0.1) is 6.58 Å². The van der Waals surface area contributed by atoms with Crippen LogP contribution in [0.15, 0.2) is 12.7 Å². The minimum atomic E-state index is -0.325. The van der Waals surface area contributed by atoms with Gasteiger partial charge in [-0.2, -0.15) is 0 Å². The summed E-state index contributed by atoms with van der Waals surface area (Å²) in [5.74, 6) is -0.131. The van der Waals surface area contributed by atoms with Crippen LogP contribution in [0.5, 0.6) is 0 Å². The van der Waals surface area contributed by atoms with Gasteiger partial charge in [0.05, 0.1) is 12.5 Å². The van der Waals surface area contributed by atoms with E-state index in [4.69, 9.17) is 0 Å². The lowest BCUT2D eigenvalue weighted by Gasteiger charge is -2.35. The van der Waals surface area contributed by atoms with Crippen molar-refractivity contribution in [1.29, 1.82) is 0 Å². The van der Waals surface area contributed by atoms with Gasteiger partial charge in [0.15, 0.2) is 0 Å². The third-order valence-corrected chi connectivity index (χ3v) is 2.23. The number of carbonyl (C=O) groups is 1. The normalized spacial score (nSPS) is 20.9. The van der Waals surface area contributed by atoms with E-state index in [1.165, 1.54) is 7.11 Å². The van der Waals surface area contributed by atoms with Crippen molar-refractivity contribution in [1.82, 2.24) is 0 Å². The zero-order valence-corrected chi connectivity index (χ0v) is 6.22. The minimum Gasteiger partial charge on any atom is -0.468 e. The van der Waals surface area contributed by atoms with Crippen LogP contribution in [0.2, 0.25) is 0 Å². The fraction of sp³-hybridized carbons (Fsp3) is 0.625. The van der Waals surface area contributed by atoms with Crippen LogP contribution < -0.4 is 0 Å². The monoisotopic (exact) mass is 140 g/mol. The van der Waals surface area contributed by atoms with E-state index < -0.39 is 0 Å². The maximum absolute atomic E-state index is 11.1. The third-order valence-electron chi connectivity index (χ3n) is 2.23. The van der Waals surface area contributed by atoms with Crippen molar-refractivity contribution in [3.63, 3.8) is 0 Å². The van der Waals surface area contributed by atoms with Crippen LogP contribution in [0.4, 0.5) is 0 Å². The molecule has 0 N–H and O–H groups in total. The maximum Gasteiger partial charge on any atom is 0.315 e. The molecule has 0 aromatic heterocycles. The Hall–Kier alpha value is -0.790. The van der Waals surface area contributed by atoms with Gasteiger partial charge in [0.2, 0.25) is 0 Å². The number of methoxy groups -OCH3 is 1. The van der Waals surface area contributed by atoms with Crippen LogP contribution in [0.25, 0.3) is 0 Å². The second-order valence-corrected chi connectivity index (χ2v) is 2.71. The summed E-state index contributed by atoms with van der Waals surface area (Å²) in [5.41, 5.74) is -0.325. The number of carbonyl (C=O) groups excluding carboxylic acids is 1. The van der Waals surface area contributed by atoms with Gasteiger partial charge >= 0.3 is 5.97 Å². The second kappa shape index (κ2) is 2.45. The molecule has 1 saturated carbocycles. The highest BCUT2D eigenvalue weighted by molar-refractivity contribution is 5.79. The summed E-state index contributed by atoms with van der Waals surface area (Å²) in [6.45, 7) is 3.62. The largest absolute Gasteiger partial charge is 0.468 e. The number of hydrogen-bond donors (Lipinski definition) is 0. The molecule has 0 saturated heterocycles. The molecule has 1 rings (SSSR count). The lowest BCUT2D eigenvalue weighted by Crippen LogP contribution is -2.36. The molecule has 0 amide bonds. The van der Waals surface area contributed by atoms with Crippen molar-refractivity contribution in [3.8, 4) is 0 Å². The Morgan fingerprint density at radius 1 is 1.70 bits per heavy atom. The van der Waals surface area contributed by atoms with Gasteiger partial charge in [0, 0.05) is 0 Å². The average molecular weight is 140 g/mol. The molecular weight excluding hydrogens is 128 g/mol. The van der Waals surface area contributed by atoms with E-state index in [1.807, 2.05) is 0 Å². The Morgan fingerprint density at radius 3 is 2.40 bits per heavy atom. The van der Waals surface area contributed by atoms with Gasteiger partial charge in [-0.05, 0) is 12.8 Å². The molecule has 0 aliphatic heterocycles. The van der Waals surface area contributed by atoms with Crippen LogP contribution in [0.1, 0.15) is 19.3 Å². The summed E-state index contributed by atoms with van der Waals surface area (Å²) < 4.78 is 4.64. The molecule has 2 heteroatoms. The first-order chi connectivity index (χ1) is 4.75. The topological polar surface area (TPSA) is 26.3 Å². The van der Waals surface area contributed by atoms with Crippen molar-refractivity contribution in [2.24, 2.45) is 5.41 Å². The molecule has 0 bridgehead atoms. The van der Waals surface area contributed by atoms with E-state index >= 15 is 0 Å². The summed E-state index contributed by atoms with van der Waals surface area (Å²) in [5, 5.41) is 0. The van der Waals surface area contributed by atoms with Gasteiger partial charge in [0.1, 0.15) is 0 Å². The summed E-state index contributed by atoms with van der Waals surface area (Å²) in [4.78, 5) is 11.1. The van der Waals surface area contributed by atoms with E-state index in [2.05, 4.69) is 11.3 Å². The first-order valence-electron chi connectivity index (χ1n) is 3.47. The van der Waals surface area contributed by atoms with Crippen molar-refractivity contribution in [3.05, 3.63) is 12.7 Å². The third kappa shape index (κ3) is 0.838. The van der Waals surface area contributed by atoms with Crippen LogP contribution >= 0.6 is 0 Å². The van der Waals surface area contributed by atoms with E-state index in [1.54, 1.807) is 6.08 Å². The molecule has 0 aromatic carbocycles. The number of esters is 1. The Morgan fingerprint density at radius 2 is 2.30 bits per heavy atom. The molecule has 2 nitrogen and oxygen atoms in total. The highest BCUT2D eigenvalue weighted by atomic mass is 16.5. The number of hydrogen-bond acceptors (Lipinski definition) is 2. The van der Waals surface area contributed by atoms with Crippen LogP contribution in [-0.2, 0) is 9.53 Å². The summed E-state index contributed by atoms with van der Waals surface area (Å²) in [6, 6.07) is 0. The molecule has 1 aliphatic rings.